The van der Waals surface area contributed by atoms with Gasteiger partial charge in [-0.2, -0.15) is 0 Å². The van der Waals surface area contributed by atoms with E-state index in [0.29, 0.717) is 6.54 Å². The Kier molecular flexibility index (Phi) is 3.01. The van der Waals surface area contributed by atoms with Gasteiger partial charge in [-0.15, -0.1) is 0 Å². The van der Waals surface area contributed by atoms with Gasteiger partial charge in [0.15, 0.2) is 0 Å². The first-order valence-corrected chi connectivity index (χ1v) is 5.17. The highest BCUT2D eigenvalue weighted by atomic mass is 35.5. The molecule has 0 bridgehead atoms. The molecule has 2 rings (SSSR count). The smallest absolute Gasteiger partial charge is 0.255 e. The van der Waals surface area contributed by atoms with Gasteiger partial charge in [-0.05, 0) is 19.1 Å². The van der Waals surface area contributed by atoms with Crippen LogP contribution in [0.4, 0.5) is 0 Å². The van der Waals surface area contributed by atoms with E-state index in [4.69, 9.17) is 11.6 Å². The minimum atomic E-state index is -0.177. The first kappa shape index (κ1) is 10.8. The maximum atomic E-state index is 11.5. The lowest BCUT2D eigenvalue weighted by atomic mass is 10.3. The predicted molar refractivity (Wildman–Crippen MR) is 61.6 cm³/mol. The summed E-state index contributed by atoms with van der Waals surface area (Å²) in [5, 5.41) is 0.207. The van der Waals surface area contributed by atoms with E-state index in [9.17, 15) is 4.79 Å². The minimum Gasteiger partial charge on any atom is -0.293 e. The van der Waals surface area contributed by atoms with Gasteiger partial charge >= 0.3 is 0 Å². The van der Waals surface area contributed by atoms with Gasteiger partial charge in [0.25, 0.3) is 5.56 Å². The van der Waals surface area contributed by atoms with Crippen LogP contribution in [0.1, 0.15) is 11.4 Å². The van der Waals surface area contributed by atoms with Crippen molar-refractivity contribution in [3.8, 4) is 0 Å². The van der Waals surface area contributed by atoms with E-state index in [1.165, 1.54) is 17.0 Å². The maximum absolute atomic E-state index is 11.5. The van der Waals surface area contributed by atoms with Crippen molar-refractivity contribution in [1.82, 2.24) is 14.5 Å². The van der Waals surface area contributed by atoms with E-state index in [1.54, 1.807) is 0 Å². The summed E-state index contributed by atoms with van der Waals surface area (Å²) in [6.07, 6.45) is 1.43. The highest BCUT2D eigenvalue weighted by Gasteiger charge is 2.00. The van der Waals surface area contributed by atoms with Crippen LogP contribution in [0.5, 0.6) is 0 Å². The Morgan fingerprint density at radius 2 is 2.25 bits per heavy atom. The van der Waals surface area contributed by atoms with Gasteiger partial charge in [0.05, 0.1) is 18.6 Å². The highest BCUT2D eigenvalue weighted by molar-refractivity contribution is 6.29. The number of hydrogen-bond donors (Lipinski definition) is 0. The van der Waals surface area contributed by atoms with Crippen LogP contribution in [0.2, 0.25) is 5.15 Å². The number of aromatic nitrogens is 3. The van der Waals surface area contributed by atoms with Gasteiger partial charge < -0.3 is 0 Å². The summed E-state index contributed by atoms with van der Waals surface area (Å²) >= 11 is 5.61. The highest BCUT2D eigenvalue weighted by Crippen LogP contribution is 2.01. The molecule has 2 heterocycles. The normalized spacial score (nSPS) is 10.4. The molecule has 2 aromatic rings. The topological polar surface area (TPSA) is 47.8 Å². The lowest BCUT2D eigenvalue weighted by Gasteiger charge is -2.04. The Labute approximate surface area is 97.6 Å². The summed E-state index contributed by atoms with van der Waals surface area (Å²) < 4.78 is 1.47. The van der Waals surface area contributed by atoms with Gasteiger partial charge in [-0.3, -0.25) is 14.3 Å². The third kappa shape index (κ3) is 2.46. The molecule has 0 N–H and O–H groups in total. The van der Waals surface area contributed by atoms with E-state index in [2.05, 4.69) is 9.97 Å². The minimum absolute atomic E-state index is 0.177. The summed E-state index contributed by atoms with van der Waals surface area (Å²) in [5.41, 5.74) is 1.57. The van der Waals surface area contributed by atoms with Crippen LogP contribution in [-0.2, 0) is 6.54 Å². The van der Waals surface area contributed by atoms with Gasteiger partial charge in [0, 0.05) is 11.8 Å². The van der Waals surface area contributed by atoms with Crippen LogP contribution in [-0.4, -0.2) is 14.5 Å². The molecule has 0 saturated heterocycles. The van der Waals surface area contributed by atoms with Crippen molar-refractivity contribution >= 4 is 11.6 Å². The van der Waals surface area contributed by atoms with Gasteiger partial charge in [-0.1, -0.05) is 17.7 Å². The van der Waals surface area contributed by atoms with Crippen LogP contribution in [0.3, 0.4) is 0 Å². The van der Waals surface area contributed by atoms with Crippen molar-refractivity contribution in [2.75, 3.05) is 0 Å². The van der Waals surface area contributed by atoms with Crippen molar-refractivity contribution in [3.63, 3.8) is 0 Å². The summed E-state index contributed by atoms with van der Waals surface area (Å²) in [5.74, 6) is 0. The molecule has 0 aliphatic carbocycles. The second-order valence-corrected chi connectivity index (χ2v) is 3.84. The molecule has 0 atom stereocenters. The molecule has 5 heteroatoms. The first-order chi connectivity index (χ1) is 7.65. The van der Waals surface area contributed by atoms with Crippen molar-refractivity contribution < 1.29 is 0 Å². The van der Waals surface area contributed by atoms with Crippen LogP contribution in [0.25, 0.3) is 0 Å². The number of hydrogen-bond acceptors (Lipinski definition) is 3. The van der Waals surface area contributed by atoms with Crippen molar-refractivity contribution in [3.05, 3.63) is 57.5 Å². The fraction of sp³-hybridized carbons (Fsp3) is 0.182. The molecule has 0 aliphatic rings. The third-order valence-electron chi connectivity index (χ3n) is 2.12. The quantitative estimate of drug-likeness (QED) is 0.744. The zero-order chi connectivity index (χ0) is 11.5. The number of halogens is 1. The Morgan fingerprint density at radius 1 is 1.44 bits per heavy atom. The summed E-state index contributed by atoms with van der Waals surface area (Å²) in [4.78, 5) is 19.7. The number of aryl methyl sites for hydroxylation is 1. The van der Waals surface area contributed by atoms with Gasteiger partial charge in [0.1, 0.15) is 5.15 Å². The van der Waals surface area contributed by atoms with Crippen LogP contribution >= 0.6 is 11.6 Å². The summed E-state index contributed by atoms with van der Waals surface area (Å²) in [6.45, 7) is 2.32. The summed E-state index contributed by atoms with van der Waals surface area (Å²) in [6, 6.07) is 6.98. The standard InChI is InChI=1S/C11H10ClN3O/c1-8-3-2-4-9(14-8)6-15-7-13-10(12)5-11(15)16/h2-5,7H,6H2,1H3. The van der Waals surface area contributed by atoms with Crippen molar-refractivity contribution in [2.45, 2.75) is 13.5 Å². The van der Waals surface area contributed by atoms with E-state index in [0.717, 1.165) is 11.4 Å². The number of pyridine rings is 1. The molecule has 0 amide bonds. The molecule has 82 valence electrons. The molecular formula is C11H10ClN3O. The fourth-order valence-electron chi connectivity index (χ4n) is 1.38. The third-order valence-corrected chi connectivity index (χ3v) is 2.33. The van der Waals surface area contributed by atoms with Crippen molar-refractivity contribution in [2.24, 2.45) is 0 Å². The molecule has 0 aromatic carbocycles. The molecule has 16 heavy (non-hydrogen) atoms. The molecule has 0 unspecified atom stereocenters. The molecule has 4 nitrogen and oxygen atoms in total. The maximum Gasteiger partial charge on any atom is 0.255 e. The van der Waals surface area contributed by atoms with Crippen molar-refractivity contribution in [1.29, 1.82) is 0 Å². The second-order valence-electron chi connectivity index (χ2n) is 3.45. The van der Waals surface area contributed by atoms with E-state index < -0.39 is 0 Å². The average molecular weight is 236 g/mol. The van der Waals surface area contributed by atoms with Gasteiger partial charge in [0.2, 0.25) is 0 Å². The zero-order valence-electron chi connectivity index (χ0n) is 8.72. The van der Waals surface area contributed by atoms with E-state index in [1.807, 2.05) is 25.1 Å². The SMILES string of the molecule is Cc1cccc(Cn2cnc(Cl)cc2=O)n1. The summed E-state index contributed by atoms with van der Waals surface area (Å²) in [7, 11) is 0. The van der Waals surface area contributed by atoms with Crippen LogP contribution in [0.15, 0.2) is 35.4 Å². The number of rotatable bonds is 2. The molecular weight excluding hydrogens is 226 g/mol. The number of nitrogens with zero attached hydrogens (tertiary/aromatic N) is 3. The molecule has 0 saturated carbocycles. The predicted octanol–water partition coefficient (Wildman–Crippen LogP) is 1.65. The van der Waals surface area contributed by atoms with Gasteiger partial charge in [-0.25, -0.2) is 4.98 Å². The average Bonchev–Trinajstić information content (AvgIpc) is 2.22. The van der Waals surface area contributed by atoms with Crippen LogP contribution < -0.4 is 5.56 Å². The van der Waals surface area contributed by atoms with E-state index in [-0.39, 0.29) is 10.7 Å². The fourth-order valence-corrected chi connectivity index (χ4v) is 1.52. The molecule has 0 aliphatic heterocycles. The molecule has 0 radical (unpaired) electrons. The molecule has 2 aromatic heterocycles. The van der Waals surface area contributed by atoms with E-state index >= 15 is 0 Å². The molecule has 0 fully saturated rings. The van der Waals surface area contributed by atoms with Crippen LogP contribution in [0, 0.1) is 6.92 Å². The lowest BCUT2D eigenvalue weighted by molar-refractivity contribution is 0.716. The molecule has 0 spiro atoms. The zero-order valence-corrected chi connectivity index (χ0v) is 9.48. The Bertz CT molecular complexity index is 565. The Balaban J connectivity index is 2.31. The first-order valence-electron chi connectivity index (χ1n) is 4.80. The Hall–Kier alpha value is -1.68. The second kappa shape index (κ2) is 4.45. The Morgan fingerprint density at radius 3 is 2.94 bits per heavy atom. The lowest BCUT2D eigenvalue weighted by Crippen LogP contribution is -2.20. The monoisotopic (exact) mass is 235 g/mol. The largest absolute Gasteiger partial charge is 0.293 e.